The molecule has 0 amide bonds. The van der Waals surface area contributed by atoms with Crippen molar-refractivity contribution in [2.24, 2.45) is 0 Å². The summed E-state index contributed by atoms with van der Waals surface area (Å²) in [4.78, 5) is 4.11. The van der Waals surface area contributed by atoms with E-state index in [9.17, 15) is 8.60 Å². The van der Waals surface area contributed by atoms with E-state index in [2.05, 4.69) is 4.98 Å². The van der Waals surface area contributed by atoms with Crippen LogP contribution in [0.5, 0.6) is 5.75 Å². The van der Waals surface area contributed by atoms with E-state index in [0.29, 0.717) is 10.6 Å². The molecule has 2 rings (SSSR count). The molecule has 0 aliphatic rings. The normalized spacial score (nSPS) is 14.1. The Balaban J connectivity index is 2.34. The molecule has 1 N–H and O–H groups in total. The summed E-state index contributed by atoms with van der Waals surface area (Å²) >= 11 is 0. The number of methoxy groups -OCH3 is 1. The predicted octanol–water partition coefficient (Wildman–Crippen LogP) is 3.31. The lowest BCUT2D eigenvalue weighted by molar-refractivity contribution is 0.413. The maximum absolute atomic E-state index is 13.4. The number of pyridine rings is 1. The Morgan fingerprint density at radius 1 is 1.35 bits per heavy atom. The van der Waals surface area contributed by atoms with Crippen molar-refractivity contribution in [3.05, 3.63) is 59.5 Å². The minimum Gasteiger partial charge on any atom is -0.497 e. The molecule has 0 aliphatic heterocycles. The standard InChI is InChI=1S/C14H13FN2O2S/c1-19-11-4-2-5-12(10-11)20(16,18)9-7-14-13(15)6-3-8-17-14/h2-10,16H,1H3/b9-7+. The number of ether oxygens (including phenoxy) is 1. The molecule has 0 fully saturated rings. The molecule has 1 aromatic heterocycles. The van der Waals surface area contributed by atoms with E-state index in [-0.39, 0.29) is 5.69 Å². The third kappa shape index (κ3) is 3.21. The topological polar surface area (TPSA) is 63.0 Å². The van der Waals surface area contributed by atoms with Gasteiger partial charge in [0.05, 0.1) is 27.4 Å². The second-order valence-electron chi connectivity index (χ2n) is 3.95. The van der Waals surface area contributed by atoms with Gasteiger partial charge in [-0.1, -0.05) is 6.07 Å². The van der Waals surface area contributed by atoms with Crippen molar-refractivity contribution in [2.45, 2.75) is 4.90 Å². The van der Waals surface area contributed by atoms with Crippen LogP contribution in [0.4, 0.5) is 4.39 Å². The third-order valence-electron chi connectivity index (χ3n) is 2.60. The van der Waals surface area contributed by atoms with E-state index in [0.717, 1.165) is 5.41 Å². The predicted molar refractivity (Wildman–Crippen MR) is 75.4 cm³/mol. The van der Waals surface area contributed by atoms with Gasteiger partial charge in [0.2, 0.25) is 0 Å². The van der Waals surface area contributed by atoms with Crippen LogP contribution in [0, 0.1) is 10.6 Å². The van der Waals surface area contributed by atoms with E-state index < -0.39 is 15.5 Å². The molecule has 6 heteroatoms. The van der Waals surface area contributed by atoms with Gasteiger partial charge >= 0.3 is 0 Å². The molecule has 1 atom stereocenters. The van der Waals surface area contributed by atoms with Crippen LogP contribution >= 0.6 is 0 Å². The SMILES string of the molecule is COc1cccc(S(=N)(=O)/C=C/c2ncccc2F)c1. The third-order valence-corrected chi connectivity index (χ3v) is 4.07. The molecular weight excluding hydrogens is 279 g/mol. The average molecular weight is 292 g/mol. The van der Waals surface area contributed by atoms with Gasteiger partial charge in [0.15, 0.2) is 0 Å². The van der Waals surface area contributed by atoms with Gasteiger partial charge < -0.3 is 4.74 Å². The highest BCUT2D eigenvalue weighted by molar-refractivity contribution is 7.95. The fourth-order valence-corrected chi connectivity index (χ4v) is 2.60. The fraction of sp³-hybridized carbons (Fsp3) is 0.0714. The zero-order valence-electron chi connectivity index (χ0n) is 10.7. The number of nitrogens with zero attached hydrogens (tertiary/aromatic N) is 1. The summed E-state index contributed by atoms with van der Waals surface area (Å²) in [5.41, 5.74) is 0.0513. The van der Waals surface area contributed by atoms with E-state index in [4.69, 9.17) is 9.52 Å². The van der Waals surface area contributed by atoms with Crippen LogP contribution in [0.3, 0.4) is 0 Å². The summed E-state index contributed by atoms with van der Waals surface area (Å²) in [6, 6.07) is 9.15. The summed E-state index contributed by atoms with van der Waals surface area (Å²) in [6.45, 7) is 0. The van der Waals surface area contributed by atoms with Crippen molar-refractivity contribution in [3.8, 4) is 5.75 Å². The van der Waals surface area contributed by atoms with Crippen LogP contribution in [0.2, 0.25) is 0 Å². The van der Waals surface area contributed by atoms with Gasteiger partial charge in [-0.25, -0.2) is 13.4 Å². The Morgan fingerprint density at radius 3 is 2.85 bits per heavy atom. The summed E-state index contributed by atoms with van der Waals surface area (Å²) in [7, 11) is -1.68. The first-order valence-corrected chi connectivity index (χ1v) is 7.36. The zero-order chi connectivity index (χ0) is 14.6. The van der Waals surface area contributed by atoms with Crippen LogP contribution in [-0.4, -0.2) is 16.3 Å². The fourth-order valence-electron chi connectivity index (χ4n) is 1.55. The van der Waals surface area contributed by atoms with Crippen LogP contribution in [-0.2, 0) is 9.73 Å². The molecule has 1 heterocycles. The van der Waals surface area contributed by atoms with Crippen molar-refractivity contribution < 1.29 is 13.3 Å². The van der Waals surface area contributed by atoms with Crippen LogP contribution < -0.4 is 4.74 Å². The lowest BCUT2D eigenvalue weighted by Crippen LogP contribution is -1.95. The lowest BCUT2D eigenvalue weighted by Gasteiger charge is -2.05. The zero-order valence-corrected chi connectivity index (χ0v) is 11.6. The molecule has 0 spiro atoms. The monoisotopic (exact) mass is 292 g/mol. The lowest BCUT2D eigenvalue weighted by atomic mass is 10.3. The first-order chi connectivity index (χ1) is 9.53. The molecule has 0 bridgehead atoms. The van der Waals surface area contributed by atoms with Gasteiger partial charge in [0, 0.05) is 11.6 Å². The van der Waals surface area contributed by atoms with Crippen molar-refractivity contribution in [2.75, 3.05) is 7.11 Å². The number of benzene rings is 1. The van der Waals surface area contributed by atoms with Gasteiger partial charge in [-0.3, -0.25) is 4.98 Å². The number of aromatic nitrogens is 1. The van der Waals surface area contributed by atoms with E-state index >= 15 is 0 Å². The second-order valence-corrected chi connectivity index (χ2v) is 5.90. The van der Waals surface area contributed by atoms with Gasteiger partial charge in [0.25, 0.3) is 0 Å². The first kappa shape index (κ1) is 14.2. The van der Waals surface area contributed by atoms with Gasteiger partial charge in [0.1, 0.15) is 11.6 Å². The minimum atomic E-state index is -3.18. The van der Waals surface area contributed by atoms with E-state index in [1.165, 1.54) is 37.6 Å². The molecule has 4 nitrogen and oxygen atoms in total. The Hall–Kier alpha value is -2.21. The minimum absolute atomic E-state index is 0.0513. The molecule has 1 unspecified atom stereocenters. The molecule has 0 aliphatic carbocycles. The Morgan fingerprint density at radius 2 is 2.15 bits per heavy atom. The summed E-state index contributed by atoms with van der Waals surface area (Å²) in [5, 5.41) is 1.15. The van der Waals surface area contributed by atoms with Gasteiger partial charge in [-0.15, -0.1) is 0 Å². The van der Waals surface area contributed by atoms with Crippen molar-refractivity contribution in [1.29, 1.82) is 4.78 Å². The highest BCUT2D eigenvalue weighted by Crippen LogP contribution is 2.20. The first-order valence-electron chi connectivity index (χ1n) is 5.74. The molecule has 104 valence electrons. The summed E-state index contributed by atoms with van der Waals surface area (Å²) in [5.74, 6) is -0.00974. The van der Waals surface area contributed by atoms with Crippen molar-refractivity contribution >= 4 is 15.8 Å². The van der Waals surface area contributed by atoms with Crippen molar-refractivity contribution in [3.63, 3.8) is 0 Å². The summed E-state index contributed by atoms with van der Waals surface area (Å²) in [6.07, 6.45) is 2.68. The Labute approximate surface area is 116 Å². The van der Waals surface area contributed by atoms with Crippen molar-refractivity contribution in [1.82, 2.24) is 4.98 Å². The van der Waals surface area contributed by atoms with Crippen LogP contribution in [0.25, 0.3) is 6.08 Å². The highest BCUT2D eigenvalue weighted by Gasteiger charge is 2.08. The summed E-state index contributed by atoms with van der Waals surface area (Å²) < 4.78 is 38.6. The quantitative estimate of drug-likeness (QED) is 0.940. The van der Waals surface area contributed by atoms with Gasteiger partial charge in [-0.2, -0.15) is 0 Å². The highest BCUT2D eigenvalue weighted by atomic mass is 32.2. The number of rotatable bonds is 4. The molecule has 0 radical (unpaired) electrons. The number of nitrogens with one attached hydrogen (secondary N) is 1. The molecular formula is C14H13FN2O2S. The number of halogens is 1. The maximum Gasteiger partial charge on any atom is 0.148 e. The largest absolute Gasteiger partial charge is 0.497 e. The number of hydrogen-bond acceptors (Lipinski definition) is 4. The molecule has 2 aromatic rings. The maximum atomic E-state index is 13.4. The Kier molecular flexibility index (Phi) is 4.14. The van der Waals surface area contributed by atoms with Gasteiger partial charge in [-0.05, 0) is 36.4 Å². The smallest absolute Gasteiger partial charge is 0.148 e. The molecule has 0 saturated heterocycles. The Bertz CT molecular complexity index is 742. The second kappa shape index (κ2) is 5.83. The van der Waals surface area contributed by atoms with E-state index in [1.807, 2.05) is 0 Å². The molecule has 1 aromatic carbocycles. The van der Waals surface area contributed by atoms with Crippen LogP contribution in [0.1, 0.15) is 5.69 Å². The van der Waals surface area contributed by atoms with E-state index in [1.54, 1.807) is 18.2 Å². The molecule has 0 saturated carbocycles. The molecule has 20 heavy (non-hydrogen) atoms. The average Bonchev–Trinajstić information content (AvgIpc) is 2.46. The number of hydrogen-bond donors (Lipinski definition) is 1. The van der Waals surface area contributed by atoms with Crippen LogP contribution in [0.15, 0.2) is 52.9 Å².